The second kappa shape index (κ2) is 10.9. The summed E-state index contributed by atoms with van der Waals surface area (Å²) in [5.41, 5.74) is 23.9. The van der Waals surface area contributed by atoms with Crippen molar-refractivity contribution in [3.63, 3.8) is 0 Å². The van der Waals surface area contributed by atoms with Crippen molar-refractivity contribution in [2.75, 3.05) is 0 Å². The first-order valence-electron chi connectivity index (χ1n) is 11.5. The third-order valence-electron chi connectivity index (χ3n) is 6.40. The van der Waals surface area contributed by atoms with Crippen LogP contribution in [0.1, 0.15) is 85.8 Å². The topological polar surface area (TPSA) is 240 Å². The van der Waals surface area contributed by atoms with Gasteiger partial charge in [-0.2, -0.15) is 0 Å². The van der Waals surface area contributed by atoms with Crippen LogP contribution in [0.4, 0.5) is 0 Å². The van der Waals surface area contributed by atoms with Gasteiger partial charge in [0.25, 0.3) is 0 Å². The van der Waals surface area contributed by atoms with Crippen LogP contribution >= 0.6 is 0 Å². The average Bonchev–Trinajstić information content (AvgIpc) is 2.79. The van der Waals surface area contributed by atoms with Crippen LogP contribution in [0, 0.1) is 21.6 Å². The Labute approximate surface area is 205 Å². The number of rotatable bonds is 12. The minimum absolute atomic E-state index is 0.0578. The van der Waals surface area contributed by atoms with Gasteiger partial charge in [-0.3, -0.25) is 21.6 Å². The molecule has 0 atom stereocenters. The Kier molecular flexibility index (Phi) is 8.46. The lowest BCUT2D eigenvalue weighted by atomic mass is 9.66. The summed E-state index contributed by atoms with van der Waals surface area (Å²) in [6.07, 6.45) is 4.62. The second-order valence-electron chi connectivity index (χ2n) is 8.78. The number of nitrogens with one attached hydrogen (secondary N) is 4. The first-order valence-corrected chi connectivity index (χ1v) is 11.5. The van der Waals surface area contributed by atoms with Gasteiger partial charge in [0, 0.05) is 5.41 Å². The lowest BCUT2D eigenvalue weighted by molar-refractivity contribution is 0.403. The van der Waals surface area contributed by atoms with Gasteiger partial charge in [-0.05, 0) is 48.2 Å². The maximum absolute atomic E-state index is 10.6. The minimum atomic E-state index is -0.754. The van der Waals surface area contributed by atoms with Crippen LogP contribution in [-0.2, 0) is 5.41 Å². The van der Waals surface area contributed by atoms with Gasteiger partial charge < -0.3 is 33.1 Å². The van der Waals surface area contributed by atoms with E-state index in [0.717, 1.165) is 25.7 Å². The fraction of sp³-hybridized carbons (Fsp3) is 0.360. The molecule has 0 aliphatic heterocycles. The van der Waals surface area contributed by atoms with Crippen molar-refractivity contribution in [3.05, 3.63) is 57.6 Å². The second-order valence-corrected chi connectivity index (χ2v) is 8.78. The maximum atomic E-state index is 10.6. The molecule has 0 heterocycles. The van der Waals surface area contributed by atoms with Crippen molar-refractivity contribution in [1.82, 2.24) is 0 Å². The lowest BCUT2D eigenvalue weighted by Gasteiger charge is -2.37. The summed E-state index contributed by atoms with van der Waals surface area (Å²) in [5.74, 6) is -2.16. The molecule has 35 heavy (non-hydrogen) atoms. The third kappa shape index (κ3) is 5.37. The summed E-state index contributed by atoms with van der Waals surface area (Å²) in [4.78, 5) is 0. The third-order valence-corrected chi connectivity index (χ3v) is 6.40. The van der Waals surface area contributed by atoms with E-state index in [2.05, 4.69) is 13.8 Å². The summed E-state index contributed by atoms with van der Waals surface area (Å²) >= 11 is 0. The molecular weight excluding hydrogens is 444 g/mol. The number of hydrogen-bond acceptors (Lipinski definition) is 6. The summed E-state index contributed by atoms with van der Waals surface area (Å²) in [5, 5.41) is 53.3. The molecule has 2 aromatic carbocycles. The number of unbranched alkanes of at least 4 members (excludes halogenated alkanes) is 2. The summed E-state index contributed by atoms with van der Waals surface area (Å²) in [7, 11) is 0. The smallest absolute Gasteiger partial charge is 0.137 e. The number of phenolic OH excluding ortho intramolecular Hbond substituents is 2. The Morgan fingerprint density at radius 2 is 0.886 bits per heavy atom. The molecule has 0 unspecified atom stereocenters. The van der Waals surface area contributed by atoms with Crippen LogP contribution in [0.2, 0.25) is 0 Å². The molecule has 0 aliphatic rings. The van der Waals surface area contributed by atoms with Crippen LogP contribution in [0.25, 0.3) is 0 Å². The van der Waals surface area contributed by atoms with Crippen LogP contribution < -0.4 is 22.9 Å². The monoisotopic (exact) mass is 480 g/mol. The quantitative estimate of drug-likeness (QED) is 0.161. The Bertz CT molecular complexity index is 1010. The molecule has 2 aromatic rings. The molecule has 0 radical (unpaired) electrons. The summed E-state index contributed by atoms with van der Waals surface area (Å²) in [6.45, 7) is 4.12. The minimum Gasteiger partial charge on any atom is -0.506 e. The molecule has 0 aromatic heterocycles. The van der Waals surface area contributed by atoms with E-state index >= 15 is 0 Å². The van der Waals surface area contributed by atoms with Gasteiger partial charge in [-0.15, -0.1) is 0 Å². The van der Waals surface area contributed by atoms with Crippen molar-refractivity contribution in [2.45, 2.75) is 57.8 Å². The number of nitrogens with two attached hydrogens (primary N) is 4. The standard InChI is InChI=1S/C25H36N8O2/c1-3-5-7-25(8-6-4-2,13-9-15(21(26)27)19(34)16(10-13)22(28)29)14-11-17(23(30)31)20(35)18(12-14)24(32)33/h9-12,34-35H,3-8H2,1-2H3,(H3,26,27)(H3,28,29)(H3,30,31)(H3,32,33). The normalized spacial score (nSPS) is 11.3. The van der Waals surface area contributed by atoms with E-state index in [1.54, 1.807) is 24.3 Å². The first-order chi connectivity index (χ1) is 16.4. The predicted molar refractivity (Wildman–Crippen MR) is 140 cm³/mol. The Balaban J connectivity index is 3.08. The van der Waals surface area contributed by atoms with E-state index < -0.39 is 5.41 Å². The van der Waals surface area contributed by atoms with Gasteiger partial charge >= 0.3 is 0 Å². The highest BCUT2D eigenvalue weighted by atomic mass is 16.3. The fourth-order valence-electron chi connectivity index (χ4n) is 4.47. The summed E-state index contributed by atoms with van der Waals surface area (Å²) < 4.78 is 0. The Morgan fingerprint density at radius 3 is 1.09 bits per heavy atom. The number of nitrogen functional groups attached to an aromatic ring is 4. The Hall–Kier alpha value is -4.08. The largest absolute Gasteiger partial charge is 0.506 e. The zero-order chi connectivity index (χ0) is 26.5. The van der Waals surface area contributed by atoms with Gasteiger partial charge in [0.15, 0.2) is 0 Å². The highest BCUT2D eigenvalue weighted by molar-refractivity contribution is 6.06. The average molecular weight is 481 g/mol. The van der Waals surface area contributed by atoms with E-state index in [0.29, 0.717) is 24.0 Å². The number of hydrogen-bond donors (Lipinski definition) is 10. The van der Waals surface area contributed by atoms with E-state index in [-0.39, 0.29) is 57.1 Å². The van der Waals surface area contributed by atoms with E-state index in [9.17, 15) is 10.2 Å². The van der Waals surface area contributed by atoms with Gasteiger partial charge in [0.2, 0.25) is 0 Å². The predicted octanol–water partition coefficient (Wildman–Crippen LogP) is 2.90. The van der Waals surface area contributed by atoms with Crippen molar-refractivity contribution in [3.8, 4) is 11.5 Å². The van der Waals surface area contributed by atoms with Crippen LogP contribution in [-0.4, -0.2) is 33.6 Å². The maximum Gasteiger partial charge on any atom is 0.137 e. The first kappa shape index (κ1) is 27.2. The number of phenols is 2. The van der Waals surface area contributed by atoms with Gasteiger partial charge in [-0.1, -0.05) is 39.5 Å². The van der Waals surface area contributed by atoms with Crippen molar-refractivity contribution in [1.29, 1.82) is 21.6 Å². The summed E-state index contributed by atoms with van der Waals surface area (Å²) in [6, 6.07) is 6.51. The molecule has 10 heteroatoms. The van der Waals surface area contributed by atoms with E-state index in [1.165, 1.54) is 0 Å². The SMILES string of the molecule is CCCCC(CCCC)(c1cc(C(=N)N)c(O)c(C(=N)N)c1)c1cc(C(=N)N)c(O)c(C(=N)N)c1. The fourth-order valence-corrected chi connectivity index (χ4v) is 4.47. The molecule has 14 N–H and O–H groups in total. The van der Waals surface area contributed by atoms with Crippen LogP contribution in [0.5, 0.6) is 11.5 Å². The Morgan fingerprint density at radius 1 is 0.629 bits per heavy atom. The van der Waals surface area contributed by atoms with Gasteiger partial charge in [-0.25, -0.2) is 0 Å². The zero-order valence-electron chi connectivity index (χ0n) is 20.3. The number of benzene rings is 2. The van der Waals surface area contributed by atoms with E-state index in [4.69, 9.17) is 44.6 Å². The molecule has 2 rings (SSSR count). The number of amidine groups is 4. The highest BCUT2D eigenvalue weighted by Crippen LogP contribution is 2.45. The highest BCUT2D eigenvalue weighted by Gasteiger charge is 2.36. The molecule has 10 nitrogen and oxygen atoms in total. The molecule has 0 aliphatic carbocycles. The molecule has 0 fully saturated rings. The van der Waals surface area contributed by atoms with Crippen LogP contribution in [0.15, 0.2) is 24.3 Å². The number of aromatic hydroxyl groups is 2. The van der Waals surface area contributed by atoms with Gasteiger partial charge in [0.1, 0.15) is 34.8 Å². The molecule has 0 saturated heterocycles. The molecule has 188 valence electrons. The van der Waals surface area contributed by atoms with Gasteiger partial charge in [0.05, 0.1) is 22.3 Å². The van der Waals surface area contributed by atoms with Crippen LogP contribution in [0.3, 0.4) is 0 Å². The molecular formula is C25H36N8O2. The molecule has 0 saturated carbocycles. The van der Waals surface area contributed by atoms with E-state index in [1.807, 2.05) is 0 Å². The van der Waals surface area contributed by atoms with Crippen molar-refractivity contribution >= 4 is 23.3 Å². The zero-order valence-corrected chi connectivity index (χ0v) is 20.3. The lowest BCUT2D eigenvalue weighted by Crippen LogP contribution is -2.31. The molecule has 0 bridgehead atoms. The van der Waals surface area contributed by atoms with Crippen molar-refractivity contribution in [2.24, 2.45) is 22.9 Å². The van der Waals surface area contributed by atoms with Crippen molar-refractivity contribution < 1.29 is 10.2 Å². The molecule has 0 amide bonds. The molecule has 0 spiro atoms.